The van der Waals surface area contributed by atoms with Crippen molar-refractivity contribution < 1.29 is 9.53 Å². The Morgan fingerprint density at radius 2 is 2.22 bits per heavy atom. The zero-order valence-corrected chi connectivity index (χ0v) is 11.9. The van der Waals surface area contributed by atoms with Crippen LogP contribution in [0.1, 0.15) is 17.7 Å². The van der Waals surface area contributed by atoms with Crippen molar-refractivity contribution >= 4 is 29.0 Å². The van der Waals surface area contributed by atoms with E-state index in [1.54, 1.807) is 4.68 Å². The first-order valence-corrected chi connectivity index (χ1v) is 5.90. The fourth-order valence-electron chi connectivity index (χ4n) is 1.84. The Balaban J connectivity index is 2.94. The summed E-state index contributed by atoms with van der Waals surface area (Å²) in [5.41, 5.74) is 7.24. The lowest BCUT2D eigenvalue weighted by Gasteiger charge is -2.20. The molecule has 0 atom stereocenters. The van der Waals surface area contributed by atoms with Crippen molar-refractivity contribution in [3.05, 3.63) is 11.3 Å². The molecule has 0 aliphatic carbocycles. The summed E-state index contributed by atoms with van der Waals surface area (Å²) in [6, 6.07) is 0. The van der Waals surface area contributed by atoms with E-state index in [-0.39, 0.29) is 5.97 Å². The number of aryl methyl sites for hydroxylation is 2. The van der Waals surface area contributed by atoms with Gasteiger partial charge < -0.3 is 15.4 Å². The maximum Gasteiger partial charge on any atom is 0.307 e. The van der Waals surface area contributed by atoms with Crippen molar-refractivity contribution in [2.24, 2.45) is 12.8 Å². The van der Waals surface area contributed by atoms with Crippen LogP contribution < -0.4 is 10.6 Å². The van der Waals surface area contributed by atoms with E-state index in [9.17, 15) is 4.79 Å². The van der Waals surface area contributed by atoms with Crippen LogP contribution in [0.25, 0.3) is 0 Å². The van der Waals surface area contributed by atoms with Crippen LogP contribution in [0.5, 0.6) is 0 Å². The molecule has 1 aromatic heterocycles. The maximum absolute atomic E-state index is 11.1. The van der Waals surface area contributed by atoms with Crippen molar-refractivity contribution in [3.8, 4) is 0 Å². The van der Waals surface area contributed by atoms with Gasteiger partial charge in [-0.25, -0.2) is 0 Å². The standard InChI is InChI=1S/C11H18N4O2S/c1-7-9(10(12)18)11(15(3)13-7)14(2)6-5-8(16)17-4/h5-6H2,1-4H3,(H2,12,18). The zero-order valence-electron chi connectivity index (χ0n) is 11.1. The second kappa shape index (κ2) is 5.81. The third kappa shape index (κ3) is 2.98. The number of aromatic nitrogens is 2. The van der Waals surface area contributed by atoms with Crippen LogP contribution in [0.3, 0.4) is 0 Å². The van der Waals surface area contributed by atoms with Gasteiger partial charge in [0.2, 0.25) is 0 Å². The summed E-state index contributed by atoms with van der Waals surface area (Å²) >= 11 is 5.03. The molecule has 0 saturated carbocycles. The van der Waals surface area contributed by atoms with E-state index < -0.39 is 0 Å². The van der Waals surface area contributed by atoms with Gasteiger partial charge in [0, 0.05) is 20.6 Å². The second-order valence-corrected chi connectivity index (χ2v) is 4.46. The summed E-state index contributed by atoms with van der Waals surface area (Å²) < 4.78 is 6.32. The van der Waals surface area contributed by atoms with Crippen LogP contribution in [0, 0.1) is 6.92 Å². The minimum Gasteiger partial charge on any atom is -0.469 e. The fraction of sp³-hybridized carbons (Fsp3) is 0.545. The molecule has 0 radical (unpaired) electrons. The predicted molar refractivity (Wildman–Crippen MR) is 73.7 cm³/mol. The van der Waals surface area contributed by atoms with Crippen LogP contribution in [0.4, 0.5) is 5.82 Å². The van der Waals surface area contributed by atoms with Crippen LogP contribution in [0.15, 0.2) is 0 Å². The number of carbonyl (C=O) groups is 1. The van der Waals surface area contributed by atoms with Crippen molar-refractivity contribution in [2.75, 3.05) is 25.6 Å². The smallest absolute Gasteiger partial charge is 0.307 e. The van der Waals surface area contributed by atoms with E-state index in [1.165, 1.54) is 7.11 Å². The van der Waals surface area contributed by atoms with Crippen molar-refractivity contribution in [3.63, 3.8) is 0 Å². The van der Waals surface area contributed by atoms with Gasteiger partial charge in [0.05, 0.1) is 24.8 Å². The van der Waals surface area contributed by atoms with Crippen LogP contribution >= 0.6 is 12.2 Å². The predicted octanol–water partition coefficient (Wildman–Crippen LogP) is 0.362. The fourth-order valence-corrected chi connectivity index (χ4v) is 2.08. The molecule has 0 aliphatic rings. The molecule has 1 rings (SSSR count). The van der Waals surface area contributed by atoms with Gasteiger partial charge in [-0.05, 0) is 6.92 Å². The highest BCUT2D eigenvalue weighted by Crippen LogP contribution is 2.22. The molecule has 0 bridgehead atoms. The SMILES string of the molecule is COC(=O)CCN(C)c1c(C(N)=S)c(C)nn1C. The number of nitrogens with zero attached hydrogens (tertiary/aromatic N) is 3. The molecule has 100 valence electrons. The number of carbonyl (C=O) groups excluding carboxylic acids is 1. The van der Waals surface area contributed by atoms with Gasteiger partial charge in [0.1, 0.15) is 10.8 Å². The van der Waals surface area contributed by atoms with E-state index in [4.69, 9.17) is 18.0 Å². The summed E-state index contributed by atoms with van der Waals surface area (Å²) in [4.78, 5) is 13.3. The van der Waals surface area contributed by atoms with E-state index in [2.05, 4.69) is 9.84 Å². The van der Waals surface area contributed by atoms with Crippen LogP contribution in [-0.2, 0) is 16.6 Å². The number of hydrogen-bond donors (Lipinski definition) is 1. The number of nitrogens with two attached hydrogens (primary N) is 1. The Kier molecular flexibility index (Phi) is 4.66. The second-order valence-electron chi connectivity index (χ2n) is 4.02. The number of hydrogen-bond acceptors (Lipinski definition) is 5. The first-order chi connectivity index (χ1) is 8.38. The molecule has 1 aromatic rings. The molecule has 6 nitrogen and oxygen atoms in total. The molecule has 0 amide bonds. The zero-order chi connectivity index (χ0) is 13.9. The number of anilines is 1. The third-order valence-corrected chi connectivity index (χ3v) is 2.88. The molecule has 0 aromatic carbocycles. The molecule has 2 N–H and O–H groups in total. The summed E-state index contributed by atoms with van der Waals surface area (Å²) in [6.45, 7) is 2.37. The minimum atomic E-state index is -0.252. The Hall–Kier alpha value is -1.63. The Bertz CT molecular complexity index is 470. The summed E-state index contributed by atoms with van der Waals surface area (Å²) in [5, 5.41) is 4.29. The normalized spacial score (nSPS) is 10.2. The van der Waals surface area contributed by atoms with Crippen LogP contribution in [-0.4, -0.2) is 41.4 Å². The van der Waals surface area contributed by atoms with Crippen molar-refractivity contribution in [2.45, 2.75) is 13.3 Å². The van der Waals surface area contributed by atoms with E-state index in [0.717, 1.165) is 17.1 Å². The number of rotatable bonds is 5. The van der Waals surface area contributed by atoms with Gasteiger partial charge in [-0.2, -0.15) is 5.10 Å². The summed E-state index contributed by atoms with van der Waals surface area (Å²) in [7, 11) is 5.05. The average molecular weight is 270 g/mol. The first-order valence-electron chi connectivity index (χ1n) is 5.49. The van der Waals surface area contributed by atoms with Gasteiger partial charge in [-0.1, -0.05) is 12.2 Å². The molecular formula is C11H18N4O2S. The van der Waals surface area contributed by atoms with Gasteiger partial charge in [0.15, 0.2) is 0 Å². The number of thiocarbonyl (C=S) groups is 1. The maximum atomic E-state index is 11.1. The molecule has 0 saturated heterocycles. The summed E-state index contributed by atoms with van der Waals surface area (Å²) in [6.07, 6.45) is 0.300. The molecular weight excluding hydrogens is 252 g/mol. The Morgan fingerprint density at radius 1 is 1.61 bits per heavy atom. The number of esters is 1. The molecule has 18 heavy (non-hydrogen) atoms. The van der Waals surface area contributed by atoms with Crippen molar-refractivity contribution in [1.82, 2.24) is 9.78 Å². The molecule has 0 unspecified atom stereocenters. The highest BCUT2D eigenvalue weighted by molar-refractivity contribution is 7.80. The molecule has 0 spiro atoms. The third-order valence-electron chi connectivity index (χ3n) is 2.68. The molecule has 1 heterocycles. The molecule has 7 heteroatoms. The topological polar surface area (TPSA) is 73.4 Å². The summed E-state index contributed by atoms with van der Waals surface area (Å²) in [5.74, 6) is 0.557. The molecule has 0 aliphatic heterocycles. The number of methoxy groups -OCH3 is 1. The highest BCUT2D eigenvalue weighted by Gasteiger charge is 2.19. The minimum absolute atomic E-state index is 0.252. The van der Waals surface area contributed by atoms with E-state index in [1.807, 2.05) is 25.9 Å². The lowest BCUT2D eigenvalue weighted by Crippen LogP contribution is -2.26. The monoisotopic (exact) mass is 270 g/mol. The lowest BCUT2D eigenvalue weighted by molar-refractivity contribution is -0.140. The Labute approximate surface area is 112 Å². The lowest BCUT2D eigenvalue weighted by atomic mass is 10.2. The highest BCUT2D eigenvalue weighted by atomic mass is 32.1. The van der Waals surface area contributed by atoms with Gasteiger partial charge in [-0.3, -0.25) is 9.48 Å². The van der Waals surface area contributed by atoms with Gasteiger partial charge >= 0.3 is 5.97 Å². The average Bonchev–Trinajstić information content (AvgIpc) is 2.60. The number of ether oxygens (including phenoxy) is 1. The van der Waals surface area contributed by atoms with E-state index >= 15 is 0 Å². The molecule has 0 fully saturated rings. The van der Waals surface area contributed by atoms with Gasteiger partial charge in [0.25, 0.3) is 0 Å². The Morgan fingerprint density at radius 3 is 2.72 bits per heavy atom. The van der Waals surface area contributed by atoms with Gasteiger partial charge in [-0.15, -0.1) is 0 Å². The first kappa shape index (κ1) is 14.4. The van der Waals surface area contributed by atoms with Crippen LogP contribution in [0.2, 0.25) is 0 Å². The van der Waals surface area contributed by atoms with Crippen molar-refractivity contribution in [1.29, 1.82) is 0 Å². The quantitative estimate of drug-likeness (QED) is 0.615. The largest absolute Gasteiger partial charge is 0.469 e. The van der Waals surface area contributed by atoms with E-state index in [0.29, 0.717) is 18.0 Å².